The number of anilines is 1. The van der Waals surface area contributed by atoms with E-state index in [1.165, 1.54) is 4.57 Å². The van der Waals surface area contributed by atoms with E-state index in [0.717, 1.165) is 11.1 Å². The monoisotopic (exact) mass is 338 g/mol. The molecule has 0 aliphatic carbocycles. The van der Waals surface area contributed by atoms with Crippen molar-refractivity contribution in [3.05, 3.63) is 68.9 Å². The van der Waals surface area contributed by atoms with Crippen molar-refractivity contribution in [2.45, 2.75) is 13.5 Å². The van der Waals surface area contributed by atoms with Gasteiger partial charge in [0.1, 0.15) is 0 Å². The Kier molecular flexibility index (Phi) is 4.34. The summed E-state index contributed by atoms with van der Waals surface area (Å²) in [5.41, 5.74) is 4.17. The van der Waals surface area contributed by atoms with Gasteiger partial charge in [-0.05, 0) is 12.5 Å². The Morgan fingerprint density at radius 2 is 2.08 bits per heavy atom. The van der Waals surface area contributed by atoms with Crippen molar-refractivity contribution in [1.82, 2.24) is 19.1 Å². The highest BCUT2D eigenvalue weighted by atomic mass is 16.2. The fraction of sp³-hybridized carbons (Fsp3) is 0.176. The van der Waals surface area contributed by atoms with Gasteiger partial charge in [-0.1, -0.05) is 42.5 Å². The van der Waals surface area contributed by atoms with Gasteiger partial charge in [-0.15, -0.1) is 0 Å². The van der Waals surface area contributed by atoms with Crippen molar-refractivity contribution < 1.29 is 0 Å². The molecule has 8 heteroatoms. The van der Waals surface area contributed by atoms with Crippen molar-refractivity contribution in [2.24, 2.45) is 12.1 Å². The van der Waals surface area contributed by atoms with Crippen LogP contribution in [0.2, 0.25) is 0 Å². The van der Waals surface area contributed by atoms with Gasteiger partial charge >= 0.3 is 5.69 Å². The van der Waals surface area contributed by atoms with Crippen molar-refractivity contribution in [3.8, 4) is 0 Å². The van der Waals surface area contributed by atoms with E-state index in [1.807, 2.05) is 37.3 Å². The Hall–Kier alpha value is -3.42. The molecule has 2 aromatic heterocycles. The van der Waals surface area contributed by atoms with E-state index in [0.29, 0.717) is 18.0 Å². The summed E-state index contributed by atoms with van der Waals surface area (Å²) in [6.45, 7) is 6.10. The number of nitrogens with zero attached hydrogens (tertiary/aromatic N) is 4. The van der Waals surface area contributed by atoms with Crippen LogP contribution in [0.5, 0.6) is 0 Å². The van der Waals surface area contributed by atoms with Crippen LogP contribution in [0.15, 0.2) is 57.2 Å². The summed E-state index contributed by atoms with van der Waals surface area (Å²) < 4.78 is 2.94. The number of rotatable bonds is 5. The molecular formula is C17H18N6O2. The van der Waals surface area contributed by atoms with Crippen LogP contribution in [0.4, 0.5) is 5.95 Å². The summed E-state index contributed by atoms with van der Waals surface area (Å²) in [4.78, 5) is 30.7. The van der Waals surface area contributed by atoms with Gasteiger partial charge in [0, 0.05) is 13.6 Å². The van der Waals surface area contributed by atoms with Crippen molar-refractivity contribution in [3.63, 3.8) is 0 Å². The SMILES string of the molecule is C=C(C)Cn1c(NN=Cc2ccccc2)nc2c1c(=O)[nH]c(=O)n2C. The first-order valence-corrected chi connectivity index (χ1v) is 7.65. The average Bonchev–Trinajstić information content (AvgIpc) is 2.92. The minimum absolute atomic E-state index is 0.285. The fourth-order valence-electron chi connectivity index (χ4n) is 2.45. The minimum atomic E-state index is -0.517. The Morgan fingerprint density at radius 1 is 1.36 bits per heavy atom. The molecule has 0 saturated carbocycles. The molecule has 8 nitrogen and oxygen atoms in total. The van der Waals surface area contributed by atoms with E-state index in [4.69, 9.17) is 0 Å². The van der Waals surface area contributed by atoms with Crippen LogP contribution in [-0.2, 0) is 13.6 Å². The van der Waals surface area contributed by atoms with Crippen molar-refractivity contribution in [2.75, 3.05) is 5.43 Å². The molecule has 2 heterocycles. The largest absolute Gasteiger partial charge is 0.329 e. The predicted octanol–water partition coefficient (Wildman–Crippen LogP) is 1.45. The number of hydrazone groups is 1. The average molecular weight is 338 g/mol. The second-order valence-electron chi connectivity index (χ2n) is 5.75. The van der Waals surface area contributed by atoms with E-state index in [1.54, 1.807) is 17.8 Å². The number of aromatic nitrogens is 4. The molecule has 0 bridgehead atoms. The summed E-state index contributed by atoms with van der Waals surface area (Å²) in [5.74, 6) is 0.358. The number of aromatic amines is 1. The number of aryl methyl sites for hydroxylation is 1. The second-order valence-corrected chi connectivity index (χ2v) is 5.75. The maximum Gasteiger partial charge on any atom is 0.329 e. The molecule has 0 unspecified atom stereocenters. The van der Waals surface area contributed by atoms with Crippen LogP contribution in [0.1, 0.15) is 12.5 Å². The van der Waals surface area contributed by atoms with Gasteiger partial charge in [-0.25, -0.2) is 10.2 Å². The Bertz CT molecular complexity index is 1070. The Labute approximate surface area is 143 Å². The van der Waals surface area contributed by atoms with Gasteiger partial charge in [-0.2, -0.15) is 10.1 Å². The zero-order chi connectivity index (χ0) is 18.0. The number of benzene rings is 1. The van der Waals surface area contributed by atoms with Gasteiger partial charge in [0.25, 0.3) is 5.56 Å². The summed E-state index contributed by atoms with van der Waals surface area (Å²) in [6.07, 6.45) is 1.65. The number of hydrogen-bond acceptors (Lipinski definition) is 5. The van der Waals surface area contributed by atoms with E-state index in [-0.39, 0.29) is 5.65 Å². The van der Waals surface area contributed by atoms with Gasteiger partial charge in [0.2, 0.25) is 5.95 Å². The van der Waals surface area contributed by atoms with Gasteiger partial charge in [0.15, 0.2) is 11.2 Å². The highest BCUT2D eigenvalue weighted by Gasteiger charge is 2.16. The molecule has 128 valence electrons. The third-order valence-corrected chi connectivity index (χ3v) is 3.61. The molecular weight excluding hydrogens is 320 g/mol. The topological polar surface area (TPSA) is 97.1 Å². The second kappa shape index (κ2) is 6.60. The van der Waals surface area contributed by atoms with Crippen molar-refractivity contribution in [1.29, 1.82) is 0 Å². The summed E-state index contributed by atoms with van der Waals surface area (Å²) >= 11 is 0. The van der Waals surface area contributed by atoms with E-state index in [2.05, 4.69) is 27.1 Å². The molecule has 3 aromatic rings. The first-order valence-electron chi connectivity index (χ1n) is 7.65. The third-order valence-electron chi connectivity index (χ3n) is 3.61. The number of hydrogen-bond donors (Lipinski definition) is 2. The van der Waals surface area contributed by atoms with Crippen LogP contribution >= 0.6 is 0 Å². The summed E-state index contributed by atoms with van der Waals surface area (Å²) in [6, 6.07) is 9.57. The zero-order valence-corrected chi connectivity index (χ0v) is 14.0. The molecule has 0 amide bonds. The maximum atomic E-state index is 12.2. The quantitative estimate of drug-likeness (QED) is 0.418. The summed E-state index contributed by atoms with van der Waals surface area (Å²) in [5, 5.41) is 4.17. The lowest BCUT2D eigenvalue weighted by atomic mass is 10.2. The minimum Gasteiger partial charge on any atom is -0.299 e. The van der Waals surface area contributed by atoms with Crippen LogP contribution in [0, 0.1) is 0 Å². The molecule has 0 fully saturated rings. The molecule has 3 rings (SSSR count). The lowest BCUT2D eigenvalue weighted by Crippen LogP contribution is -2.29. The molecule has 0 aliphatic heterocycles. The van der Waals surface area contributed by atoms with Gasteiger partial charge < -0.3 is 0 Å². The zero-order valence-electron chi connectivity index (χ0n) is 14.0. The van der Waals surface area contributed by atoms with Crippen LogP contribution < -0.4 is 16.7 Å². The molecule has 0 saturated heterocycles. The molecule has 25 heavy (non-hydrogen) atoms. The number of H-pyrrole nitrogens is 1. The number of nitrogens with one attached hydrogen (secondary N) is 2. The van der Waals surface area contributed by atoms with E-state index < -0.39 is 11.2 Å². The molecule has 1 aromatic carbocycles. The third kappa shape index (κ3) is 3.27. The van der Waals surface area contributed by atoms with Crippen molar-refractivity contribution >= 4 is 23.3 Å². The van der Waals surface area contributed by atoms with Crippen LogP contribution in [0.25, 0.3) is 11.2 Å². The fourth-order valence-corrected chi connectivity index (χ4v) is 2.45. The lowest BCUT2D eigenvalue weighted by molar-refractivity contribution is 0.800. The first kappa shape index (κ1) is 16.4. The maximum absolute atomic E-state index is 12.2. The molecule has 0 atom stereocenters. The number of allylic oxidation sites excluding steroid dienone is 1. The number of fused-ring (bicyclic) bond motifs is 1. The Morgan fingerprint density at radius 3 is 2.76 bits per heavy atom. The van der Waals surface area contributed by atoms with E-state index in [9.17, 15) is 9.59 Å². The molecule has 0 aliphatic rings. The smallest absolute Gasteiger partial charge is 0.299 e. The molecule has 0 spiro atoms. The summed E-state index contributed by atoms with van der Waals surface area (Å²) in [7, 11) is 1.55. The predicted molar refractivity (Wildman–Crippen MR) is 98.1 cm³/mol. The normalized spacial score (nSPS) is 11.3. The highest BCUT2D eigenvalue weighted by Crippen LogP contribution is 2.16. The highest BCUT2D eigenvalue weighted by molar-refractivity contribution is 5.80. The van der Waals surface area contributed by atoms with E-state index >= 15 is 0 Å². The standard InChI is InChI=1S/C17H18N6O2/c1-11(2)10-23-13-14(22(3)17(25)20-15(13)24)19-16(23)21-18-9-12-7-5-4-6-8-12/h4-9H,1,10H2,2-3H3,(H,19,21)(H,20,24,25). The lowest BCUT2D eigenvalue weighted by Gasteiger charge is -2.07. The number of imidazole rings is 1. The Balaban J connectivity index is 2.07. The first-order chi connectivity index (χ1) is 12.0. The van der Waals surface area contributed by atoms with Crippen LogP contribution in [-0.4, -0.2) is 25.3 Å². The molecule has 2 N–H and O–H groups in total. The van der Waals surface area contributed by atoms with Gasteiger partial charge in [-0.3, -0.25) is 18.9 Å². The van der Waals surface area contributed by atoms with Crippen LogP contribution in [0.3, 0.4) is 0 Å². The van der Waals surface area contributed by atoms with Gasteiger partial charge in [0.05, 0.1) is 6.21 Å². The molecule has 0 radical (unpaired) electrons.